The first-order chi connectivity index (χ1) is 12.1. The predicted octanol–water partition coefficient (Wildman–Crippen LogP) is 4.60. The topological polar surface area (TPSA) is 66.9 Å². The number of aromatic nitrogens is 2. The van der Waals surface area contributed by atoms with Crippen molar-refractivity contribution in [1.82, 2.24) is 9.97 Å². The van der Waals surface area contributed by atoms with Crippen LogP contribution in [0.15, 0.2) is 24.3 Å². The number of nitrogens with zero attached hydrogens (tertiary/aromatic N) is 2. The summed E-state index contributed by atoms with van der Waals surface area (Å²) in [6.07, 6.45) is -3.93. The second-order valence-corrected chi connectivity index (χ2v) is 6.15. The maximum atomic E-state index is 12.7. The van der Waals surface area contributed by atoms with E-state index in [1.165, 1.54) is 0 Å². The van der Waals surface area contributed by atoms with Crippen molar-refractivity contribution in [2.45, 2.75) is 32.9 Å². The molecule has 0 aliphatic rings. The molecule has 0 unspecified atom stereocenters. The quantitative estimate of drug-likeness (QED) is 0.712. The monoisotopic (exact) mass is 386 g/mol. The van der Waals surface area contributed by atoms with Crippen molar-refractivity contribution in [2.75, 3.05) is 17.2 Å². The van der Waals surface area contributed by atoms with Crippen LogP contribution in [-0.4, -0.2) is 22.4 Å². The van der Waals surface area contributed by atoms with Gasteiger partial charge in [-0.1, -0.05) is 11.6 Å². The van der Waals surface area contributed by atoms with E-state index in [0.29, 0.717) is 18.9 Å². The van der Waals surface area contributed by atoms with Gasteiger partial charge in [0.1, 0.15) is 0 Å². The van der Waals surface area contributed by atoms with E-state index in [4.69, 9.17) is 11.6 Å². The molecule has 0 saturated carbocycles. The lowest BCUT2D eigenvalue weighted by molar-refractivity contribution is -0.137. The Bertz CT molecular complexity index is 776. The van der Waals surface area contributed by atoms with Gasteiger partial charge < -0.3 is 10.6 Å². The standard InChI is InChI=1S/C17H18ClF3N4O/c1-10-8-11(2)24-16(23-10)22-7-3-4-15(26)25-14-9-12(17(19,20)21)5-6-13(14)18/h5-6,8-9H,3-4,7H2,1-2H3,(H,25,26)(H,22,23,24). The Labute approximate surface area is 154 Å². The Morgan fingerprint density at radius 1 is 1.15 bits per heavy atom. The summed E-state index contributed by atoms with van der Waals surface area (Å²) in [5.74, 6) is 0.0539. The molecule has 0 spiro atoms. The number of alkyl halides is 3. The van der Waals surface area contributed by atoms with Gasteiger partial charge in [0, 0.05) is 24.4 Å². The van der Waals surface area contributed by atoms with Crippen LogP contribution in [0, 0.1) is 13.8 Å². The molecule has 0 saturated heterocycles. The zero-order valence-corrected chi connectivity index (χ0v) is 15.0. The highest BCUT2D eigenvalue weighted by Gasteiger charge is 2.31. The first-order valence-electron chi connectivity index (χ1n) is 7.88. The SMILES string of the molecule is Cc1cc(C)nc(NCCCC(=O)Nc2cc(C(F)(F)F)ccc2Cl)n1. The Balaban J connectivity index is 1.85. The Morgan fingerprint density at radius 3 is 2.42 bits per heavy atom. The second-order valence-electron chi connectivity index (χ2n) is 5.75. The van der Waals surface area contributed by atoms with Gasteiger partial charge in [-0.25, -0.2) is 9.97 Å². The number of nitrogens with one attached hydrogen (secondary N) is 2. The van der Waals surface area contributed by atoms with Gasteiger partial charge in [-0.05, 0) is 44.5 Å². The fourth-order valence-electron chi connectivity index (χ4n) is 2.26. The third-order valence-electron chi connectivity index (χ3n) is 3.41. The third kappa shape index (κ3) is 5.87. The molecule has 0 radical (unpaired) electrons. The molecule has 9 heteroatoms. The van der Waals surface area contributed by atoms with Crippen LogP contribution < -0.4 is 10.6 Å². The largest absolute Gasteiger partial charge is 0.416 e. The van der Waals surface area contributed by atoms with E-state index < -0.39 is 17.6 Å². The lowest BCUT2D eigenvalue weighted by Gasteiger charge is -2.12. The van der Waals surface area contributed by atoms with Crippen LogP contribution in [0.3, 0.4) is 0 Å². The van der Waals surface area contributed by atoms with Crippen LogP contribution in [0.5, 0.6) is 0 Å². The summed E-state index contributed by atoms with van der Waals surface area (Å²) < 4.78 is 38.2. The molecule has 2 aromatic rings. The van der Waals surface area contributed by atoms with Crippen molar-refractivity contribution in [3.05, 3.63) is 46.2 Å². The van der Waals surface area contributed by atoms with Gasteiger partial charge in [0.25, 0.3) is 0 Å². The number of anilines is 2. The minimum absolute atomic E-state index is 0.0492. The molecule has 26 heavy (non-hydrogen) atoms. The van der Waals surface area contributed by atoms with Crippen LogP contribution in [0.25, 0.3) is 0 Å². The molecule has 0 aliphatic carbocycles. The summed E-state index contributed by atoms with van der Waals surface area (Å²) in [5, 5.41) is 5.47. The zero-order chi connectivity index (χ0) is 19.3. The molecule has 0 fully saturated rings. The molecule has 2 rings (SSSR count). The van der Waals surface area contributed by atoms with Gasteiger partial charge in [-0.15, -0.1) is 0 Å². The molecule has 0 bridgehead atoms. The van der Waals surface area contributed by atoms with Gasteiger partial charge in [0.2, 0.25) is 11.9 Å². The van der Waals surface area contributed by atoms with Gasteiger partial charge >= 0.3 is 6.18 Å². The van der Waals surface area contributed by atoms with Gasteiger partial charge in [-0.2, -0.15) is 13.2 Å². The predicted molar refractivity (Wildman–Crippen MR) is 94.3 cm³/mol. The van der Waals surface area contributed by atoms with Crippen molar-refractivity contribution in [3.8, 4) is 0 Å². The van der Waals surface area contributed by atoms with E-state index in [9.17, 15) is 18.0 Å². The molecule has 1 aromatic heterocycles. The minimum Gasteiger partial charge on any atom is -0.354 e. The Kier molecular flexibility index (Phi) is 6.42. The molecule has 0 atom stereocenters. The van der Waals surface area contributed by atoms with Crippen molar-refractivity contribution in [1.29, 1.82) is 0 Å². The fourth-order valence-corrected chi connectivity index (χ4v) is 2.43. The third-order valence-corrected chi connectivity index (χ3v) is 3.74. The van der Waals surface area contributed by atoms with Crippen molar-refractivity contribution in [3.63, 3.8) is 0 Å². The summed E-state index contributed by atoms with van der Waals surface area (Å²) in [5.41, 5.74) is 0.733. The smallest absolute Gasteiger partial charge is 0.354 e. The van der Waals surface area contributed by atoms with Gasteiger partial charge in [0.05, 0.1) is 16.3 Å². The molecule has 2 N–H and O–H groups in total. The number of halogens is 4. The fraction of sp³-hybridized carbons (Fsp3) is 0.353. The number of aryl methyl sites for hydroxylation is 2. The molecular formula is C17H18ClF3N4O. The maximum Gasteiger partial charge on any atom is 0.416 e. The number of carbonyl (C=O) groups is 1. The summed E-state index contributed by atoms with van der Waals surface area (Å²) in [7, 11) is 0. The number of hydrogen-bond donors (Lipinski definition) is 2. The normalized spacial score (nSPS) is 11.3. The Hall–Kier alpha value is -2.35. The first kappa shape index (κ1) is 20.0. The summed E-state index contributed by atoms with van der Waals surface area (Å²) in [6, 6.07) is 4.64. The van der Waals surface area contributed by atoms with Crippen LogP contribution in [-0.2, 0) is 11.0 Å². The molecule has 1 heterocycles. The first-order valence-corrected chi connectivity index (χ1v) is 8.25. The minimum atomic E-state index is -4.50. The second kappa shape index (κ2) is 8.35. The Morgan fingerprint density at radius 2 is 1.81 bits per heavy atom. The van der Waals surface area contributed by atoms with E-state index in [2.05, 4.69) is 20.6 Å². The highest BCUT2D eigenvalue weighted by molar-refractivity contribution is 6.33. The number of benzene rings is 1. The van der Waals surface area contributed by atoms with Gasteiger partial charge in [-0.3, -0.25) is 4.79 Å². The molecule has 140 valence electrons. The molecular weight excluding hydrogens is 369 g/mol. The summed E-state index contributed by atoms with van der Waals surface area (Å²) >= 11 is 5.85. The summed E-state index contributed by atoms with van der Waals surface area (Å²) in [6.45, 7) is 4.16. The summed E-state index contributed by atoms with van der Waals surface area (Å²) in [4.78, 5) is 20.4. The van der Waals surface area contributed by atoms with E-state index in [1.807, 2.05) is 19.9 Å². The van der Waals surface area contributed by atoms with Crippen LogP contribution in [0.4, 0.5) is 24.8 Å². The lowest BCUT2D eigenvalue weighted by atomic mass is 10.2. The van der Waals surface area contributed by atoms with Crippen molar-refractivity contribution < 1.29 is 18.0 Å². The number of amides is 1. The van der Waals surface area contributed by atoms with E-state index in [-0.39, 0.29) is 17.1 Å². The van der Waals surface area contributed by atoms with E-state index in [1.54, 1.807) is 0 Å². The van der Waals surface area contributed by atoms with Crippen LogP contribution in [0.2, 0.25) is 5.02 Å². The molecule has 0 aliphatic heterocycles. The van der Waals surface area contributed by atoms with E-state index >= 15 is 0 Å². The van der Waals surface area contributed by atoms with Crippen LogP contribution in [0.1, 0.15) is 29.8 Å². The highest BCUT2D eigenvalue weighted by atomic mass is 35.5. The lowest BCUT2D eigenvalue weighted by Crippen LogP contribution is -2.15. The maximum absolute atomic E-state index is 12.7. The average molecular weight is 387 g/mol. The number of hydrogen-bond acceptors (Lipinski definition) is 4. The molecule has 1 aromatic carbocycles. The zero-order valence-electron chi connectivity index (χ0n) is 14.2. The molecule has 1 amide bonds. The number of carbonyl (C=O) groups excluding carboxylic acids is 1. The van der Waals surface area contributed by atoms with E-state index in [0.717, 1.165) is 29.6 Å². The average Bonchev–Trinajstić information content (AvgIpc) is 2.52. The molecule has 5 nitrogen and oxygen atoms in total. The van der Waals surface area contributed by atoms with Crippen molar-refractivity contribution >= 4 is 29.1 Å². The van der Waals surface area contributed by atoms with Crippen LogP contribution >= 0.6 is 11.6 Å². The number of rotatable bonds is 6. The van der Waals surface area contributed by atoms with Gasteiger partial charge in [0.15, 0.2) is 0 Å². The highest BCUT2D eigenvalue weighted by Crippen LogP contribution is 2.33. The van der Waals surface area contributed by atoms with Crippen molar-refractivity contribution in [2.24, 2.45) is 0 Å².